The average molecular weight is 433 g/mol. The van der Waals surface area contributed by atoms with Crippen LogP contribution in [0.1, 0.15) is 11.1 Å². The summed E-state index contributed by atoms with van der Waals surface area (Å²) in [7, 11) is -4.47. The van der Waals surface area contributed by atoms with Crippen LogP contribution in [0.2, 0.25) is 0 Å². The van der Waals surface area contributed by atoms with Gasteiger partial charge in [0.1, 0.15) is 16.3 Å². The van der Waals surface area contributed by atoms with E-state index in [-0.39, 0.29) is 16.3 Å². The Hall–Kier alpha value is -3.62. The first-order valence-corrected chi connectivity index (χ1v) is 10.9. The van der Waals surface area contributed by atoms with Crippen molar-refractivity contribution in [1.29, 1.82) is 0 Å². The first kappa shape index (κ1) is 20.6. The molecule has 31 heavy (non-hydrogen) atoms. The van der Waals surface area contributed by atoms with Crippen LogP contribution >= 0.6 is 0 Å². The number of hydrogen-bond donors (Lipinski definition) is 2. The number of nitrogens with zero attached hydrogens (tertiary/aromatic N) is 3. The van der Waals surface area contributed by atoms with Crippen LogP contribution in [0.3, 0.4) is 0 Å². The second-order valence-corrected chi connectivity index (χ2v) is 8.64. The zero-order valence-electron chi connectivity index (χ0n) is 16.9. The highest BCUT2D eigenvalue weighted by molar-refractivity contribution is 7.86. The molecule has 7 nitrogen and oxygen atoms in total. The van der Waals surface area contributed by atoms with Gasteiger partial charge < -0.3 is 5.73 Å². The van der Waals surface area contributed by atoms with Gasteiger partial charge in [0, 0.05) is 16.3 Å². The summed E-state index contributed by atoms with van der Waals surface area (Å²) in [5.41, 5.74) is 11.2. The lowest BCUT2D eigenvalue weighted by Gasteiger charge is -2.09. The molecule has 4 rings (SSSR count). The van der Waals surface area contributed by atoms with Gasteiger partial charge in [-0.05, 0) is 43.7 Å². The van der Waals surface area contributed by atoms with E-state index in [1.54, 1.807) is 36.5 Å². The minimum Gasteiger partial charge on any atom is -0.396 e. The van der Waals surface area contributed by atoms with Crippen molar-refractivity contribution in [3.8, 4) is 11.3 Å². The Morgan fingerprint density at radius 2 is 1.68 bits per heavy atom. The number of anilines is 1. The maximum atomic E-state index is 11.8. The molecule has 0 aliphatic heterocycles. The van der Waals surface area contributed by atoms with Crippen LogP contribution in [0.25, 0.3) is 22.0 Å². The van der Waals surface area contributed by atoms with Gasteiger partial charge in [0.2, 0.25) is 0 Å². The molecular formula is C23H20N4O3S. The summed E-state index contributed by atoms with van der Waals surface area (Å²) in [4.78, 5) is 4.20. The number of pyridine rings is 1. The van der Waals surface area contributed by atoms with Crippen molar-refractivity contribution in [2.45, 2.75) is 18.7 Å². The number of aryl methyl sites for hydroxylation is 2. The lowest BCUT2D eigenvalue weighted by molar-refractivity contribution is 0.484. The van der Waals surface area contributed by atoms with E-state index in [9.17, 15) is 13.0 Å². The van der Waals surface area contributed by atoms with Crippen LogP contribution in [0.5, 0.6) is 0 Å². The topological polar surface area (TPSA) is 118 Å². The monoisotopic (exact) mass is 432 g/mol. The molecule has 3 N–H and O–H groups in total. The highest BCUT2D eigenvalue weighted by Crippen LogP contribution is 2.36. The summed E-state index contributed by atoms with van der Waals surface area (Å²) in [6, 6.07) is 17.7. The molecule has 0 aliphatic carbocycles. The molecule has 1 heterocycles. The molecule has 0 fully saturated rings. The smallest absolute Gasteiger partial charge is 0.295 e. The molecule has 4 aromatic rings. The number of azo groups is 1. The van der Waals surface area contributed by atoms with Gasteiger partial charge in [-0.25, -0.2) is 0 Å². The van der Waals surface area contributed by atoms with Crippen LogP contribution in [-0.4, -0.2) is 18.0 Å². The van der Waals surface area contributed by atoms with Crippen molar-refractivity contribution in [3.05, 3.63) is 78.0 Å². The van der Waals surface area contributed by atoms with E-state index in [0.29, 0.717) is 16.5 Å². The number of nitrogen functional groups attached to an aromatic ring is 1. The summed E-state index contributed by atoms with van der Waals surface area (Å²) >= 11 is 0. The predicted molar refractivity (Wildman–Crippen MR) is 121 cm³/mol. The maximum absolute atomic E-state index is 11.8. The summed E-state index contributed by atoms with van der Waals surface area (Å²) < 4.78 is 33.3. The number of benzene rings is 3. The number of nitrogens with two attached hydrogens (primary N) is 1. The fourth-order valence-electron chi connectivity index (χ4n) is 3.37. The van der Waals surface area contributed by atoms with Crippen molar-refractivity contribution in [3.63, 3.8) is 0 Å². The molecule has 0 saturated carbocycles. The molecule has 8 heteroatoms. The summed E-state index contributed by atoms with van der Waals surface area (Å²) in [6.45, 7) is 4.06. The molecular weight excluding hydrogens is 412 g/mol. The molecule has 1 aromatic heterocycles. The molecule has 0 radical (unpaired) electrons. The Kier molecular flexibility index (Phi) is 5.26. The molecule has 0 spiro atoms. The van der Waals surface area contributed by atoms with Crippen LogP contribution in [0.4, 0.5) is 17.1 Å². The highest BCUT2D eigenvalue weighted by atomic mass is 32.2. The van der Waals surface area contributed by atoms with Crippen molar-refractivity contribution >= 4 is 38.0 Å². The fraction of sp³-hybridized carbons (Fsp3) is 0.0870. The minimum absolute atomic E-state index is 0.143. The third-order valence-electron chi connectivity index (χ3n) is 4.99. The van der Waals surface area contributed by atoms with Gasteiger partial charge in [0.05, 0.1) is 17.6 Å². The Balaban J connectivity index is 1.72. The van der Waals surface area contributed by atoms with Gasteiger partial charge in [0.15, 0.2) is 0 Å². The quantitative estimate of drug-likeness (QED) is 0.241. The number of fused-ring (bicyclic) bond motifs is 1. The molecule has 156 valence electrons. The van der Waals surface area contributed by atoms with E-state index in [4.69, 9.17) is 5.73 Å². The predicted octanol–water partition coefficient (Wildman–Crippen LogP) is 5.76. The first-order chi connectivity index (χ1) is 14.7. The number of hydrogen-bond acceptors (Lipinski definition) is 6. The maximum Gasteiger partial charge on any atom is 0.295 e. The van der Waals surface area contributed by atoms with E-state index in [1.165, 1.54) is 6.07 Å². The standard InChI is InChI=1S/C23H20N4O3S/c1-14-7-8-15(2)19(11-14)20-10-9-16(13-25-20)26-27-21-12-22(31(28,29)30)17-5-3-4-6-18(17)23(21)24/h3-13H,24H2,1-2H3,(H,28,29,30)/b27-26+. The second-order valence-electron chi connectivity index (χ2n) is 7.25. The third-order valence-corrected chi connectivity index (χ3v) is 5.89. The van der Waals surface area contributed by atoms with Crippen molar-refractivity contribution in [1.82, 2.24) is 4.98 Å². The van der Waals surface area contributed by atoms with Crippen LogP contribution < -0.4 is 5.73 Å². The van der Waals surface area contributed by atoms with Crippen LogP contribution in [-0.2, 0) is 10.1 Å². The van der Waals surface area contributed by atoms with Crippen molar-refractivity contribution in [2.24, 2.45) is 10.2 Å². The molecule has 0 unspecified atom stereocenters. The average Bonchev–Trinajstić information content (AvgIpc) is 2.75. The molecule has 0 amide bonds. The SMILES string of the molecule is Cc1ccc(C)c(-c2ccc(/N=N/c3cc(S(=O)(=O)O)c4ccccc4c3N)cn2)c1. The van der Waals surface area contributed by atoms with Gasteiger partial charge in [-0.3, -0.25) is 9.54 Å². The molecule has 3 aromatic carbocycles. The van der Waals surface area contributed by atoms with E-state index >= 15 is 0 Å². The normalized spacial score (nSPS) is 12.0. The summed E-state index contributed by atoms with van der Waals surface area (Å²) in [5, 5.41) is 9.05. The largest absolute Gasteiger partial charge is 0.396 e. The Labute approximate surface area is 180 Å². The lowest BCUT2D eigenvalue weighted by atomic mass is 10.0. The van der Waals surface area contributed by atoms with E-state index < -0.39 is 10.1 Å². The lowest BCUT2D eigenvalue weighted by Crippen LogP contribution is -2.01. The molecule has 0 saturated heterocycles. The minimum atomic E-state index is -4.47. The van der Waals surface area contributed by atoms with Crippen LogP contribution in [0, 0.1) is 13.8 Å². The van der Waals surface area contributed by atoms with E-state index in [1.807, 2.05) is 19.9 Å². The summed E-state index contributed by atoms with van der Waals surface area (Å²) in [6.07, 6.45) is 1.58. The van der Waals surface area contributed by atoms with Gasteiger partial charge in [-0.15, -0.1) is 10.2 Å². The number of rotatable bonds is 4. The number of aromatic nitrogens is 1. The highest BCUT2D eigenvalue weighted by Gasteiger charge is 2.18. The van der Waals surface area contributed by atoms with Gasteiger partial charge in [-0.1, -0.05) is 42.0 Å². The van der Waals surface area contributed by atoms with Crippen LogP contribution in [0.15, 0.2) is 82.0 Å². The van der Waals surface area contributed by atoms with Gasteiger partial charge in [-0.2, -0.15) is 8.42 Å². The first-order valence-electron chi connectivity index (χ1n) is 9.48. The van der Waals surface area contributed by atoms with E-state index in [2.05, 4.69) is 33.4 Å². The Bertz CT molecular complexity index is 1430. The fourth-order valence-corrected chi connectivity index (χ4v) is 4.09. The van der Waals surface area contributed by atoms with Crippen molar-refractivity contribution < 1.29 is 13.0 Å². The Morgan fingerprint density at radius 3 is 2.35 bits per heavy atom. The molecule has 0 bridgehead atoms. The third kappa shape index (κ3) is 4.16. The molecule has 0 aliphatic rings. The van der Waals surface area contributed by atoms with Crippen molar-refractivity contribution in [2.75, 3.05) is 5.73 Å². The second kappa shape index (κ2) is 7.90. The molecule has 0 atom stereocenters. The van der Waals surface area contributed by atoms with Gasteiger partial charge in [0.25, 0.3) is 10.1 Å². The zero-order chi connectivity index (χ0) is 22.2. The van der Waals surface area contributed by atoms with E-state index in [0.717, 1.165) is 22.4 Å². The zero-order valence-corrected chi connectivity index (χ0v) is 17.8. The Morgan fingerprint density at radius 1 is 0.935 bits per heavy atom. The van der Waals surface area contributed by atoms with Gasteiger partial charge >= 0.3 is 0 Å². The summed E-state index contributed by atoms with van der Waals surface area (Å²) in [5.74, 6) is 0.